The Hall–Kier alpha value is -0.284. The summed E-state index contributed by atoms with van der Waals surface area (Å²) >= 11 is 0. The fourth-order valence-corrected chi connectivity index (χ4v) is 1.27. The second-order valence-corrected chi connectivity index (χ2v) is 3.32. The monoisotopic (exact) mass is 242 g/mol. The second-order valence-electron chi connectivity index (χ2n) is 3.32. The summed E-state index contributed by atoms with van der Waals surface area (Å²) in [7, 11) is 0. The van der Waals surface area contributed by atoms with Gasteiger partial charge in [0.05, 0.1) is 0 Å². The van der Waals surface area contributed by atoms with Crippen molar-refractivity contribution in [3.05, 3.63) is 12.7 Å². The maximum absolute atomic E-state index is 10.1. The molecule has 3 heteroatoms. The third-order valence-electron chi connectivity index (χ3n) is 2.04. The number of carbonyl (C=O) groups is 1. The van der Waals surface area contributed by atoms with Gasteiger partial charge in [-0.1, -0.05) is 31.8 Å². The number of hydrogen-bond acceptors (Lipinski definition) is 2. The predicted octanol–water partition coefficient (Wildman–Crippen LogP) is 2.04. The van der Waals surface area contributed by atoms with Gasteiger partial charge in [-0.2, -0.15) is 0 Å². The van der Waals surface area contributed by atoms with E-state index in [1.807, 2.05) is 6.08 Å². The maximum atomic E-state index is 10.1. The molecule has 0 aliphatic rings. The molecular weight excluding hydrogens is 223 g/mol. The molecule has 14 heavy (non-hydrogen) atoms. The van der Waals surface area contributed by atoms with E-state index in [-0.39, 0.29) is 23.2 Å². The number of carboxylic acid groups (broad SMARTS) is 1. The van der Waals surface area contributed by atoms with Crippen LogP contribution in [0.5, 0.6) is 0 Å². The number of carboxylic acids is 1. The predicted molar refractivity (Wildman–Crippen MR) is 52.1 cm³/mol. The van der Waals surface area contributed by atoms with E-state index in [9.17, 15) is 9.90 Å². The molecule has 0 amide bonds. The maximum Gasteiger partial charge on any atom is 0.0414 e. The third-order valence-corrected chi connectivity index (χ3v) is 2.04. The van der Waals surface area contributed by atoms with Gasteiger partial charge in [0, 0.05) is 22.7 Å². The summed E-state index contributed by atoms with van der Waals surface area (Å²) in [6, 6.07) is 0. The Labute approximate surface area is 97.0 Å². The van der Waals surface area contributed by atoms with Gasteiger partial charge in [-0.15, -0.1) is 6.58 Å². The number of allylic oxidation sites excluding steroid dienone is 1. The van der Waals surface area contributed by atoms with Crippen LogP contribution in [0.3, 0.4) is 0 Å². The van der Waals surface area contributed by atoms with Crippen LogP contribution in [0.15, 0.2) is 12.7 Å². The first kappa shape index (κ1) is 16.2. The zero-order chi connectivity index (χ0) is 9.94. The van der Waals surface area contributed by atoms with Crippen molar-refractivity contribution in [1.29, 1.82) is 0 Å². The molecule has 0 aromatic rings. The molecule has 0 bridgehead atoms. The Morgan fingerprint density at radius 2 is 1.57 bits per heavy atom. The summed E-state index contributed by atoms with van der Waals surface area (Å²) in [4.78, 5) is 10.1. The molecule has 1 radical (unpaired) electrons. The molecule has 0 N–H and O–H groups in total. The van der Waals surface area contributed by atoms with Crippen molar-refractivity contribution in [2.75, 3.05) is 0 Å². The number of rotatable bonds is 9. The molecule has 0 atom stereocenters. The van der Waals surface area contributed by atoms with Crippen LogP contribution < -0.4 is 5.11 Å². The SMILES string of the molecule is C=CCCCCCCCCC(=O)[O-].[Co]. The minimum Gasteiger partial charge on any atom is -0.550 e. The van der Waals surface area contributed by atoms with E-state index < -0.39 is 5.97 Å². The Kier molecular flexibility index (Phi) is 14.7. The molecule has 85 valence electrons. The van der Waals surface area contributed by atoms with Crippen molar-refractivity contribution in [2.24, 2.45) is 0 Å². The van der Waals surface area contributed by atoms with Crippen molar-refractivity contribution >= 4 is 5.97 Å². The molecule has 2 nitrogen and oxygen atoms in total. The summed E-state index contributed by atoms with van der Waals surface area (Å²) in [5.74, 6) is -0.924. The van der Waals surface area contributed by atoms with E-state index in [2.05, 4.69) is 6.58 Å². The van der Waals surface area contributed by atoms with Crippen LogP contribution in [0.2, 0.25) is 0 Å². The topological polar surface area (TPSA) is 40.1 Å². The Morgan fingerprint density at radius 3 is 2.07 bits per heavy atom. The summed E-state index contributed by atoms with van der Waals surface area (Å²) in [6.07, 6.45) is 9.83. The average Bonchev–Trinajstić information content (AvgIpc) is 2.09. The average molecular weight is 242 g/mol. The standard InChI is InChI=1S/C11H20O2.Co/c1-2-3-4-5-6-7-8-9-10-11(12)13;/h2H,1,3-10H2,(H,12,13);/p-1. The molecule has 0 saturated carbocycles. The molecule has 0 unspecified atom stereocenters. The molecule has 0 aliphatic carbocycles. The van der Waals surface area contributed by atoms with Crippen LogP contribution in [-0.2, 0) is 21.6 Å². The van der Waals surface area contributed by atoms with E-state index in [0.29, 0.717) is 0 Å². The smallest absolute Gasteiger partial charge is 0.0414 e. The quantitative estimate of drug-likeness (QED) is 0.458. The van der Waals surface area contributed by atoms with Crippen molar-refractivity contribution < 1.29 is 26.7 Å². The summed E-state index contributed by atoms with van der Waals surface area (Å²) < 4.78 is 0. The minimum absolute atomic E-state index is 0. The first-order valence-electron chi connectivity index (χ1n) is 5.08. The Bertz CT molecular complexity index is 146. The second kappa shape index (κ2) is 12.7. The van der Waals surface area contributed by atoms with Crippen molar-refractivity contribution in [3.8, 4) is 0 Å². The third kappa shape index (κ3) is 14.3. The minimum atomic E-state index is -0.924. The fourth-order valence-electron chi connectivity index (χ4n) is 1.27. The van der Waals surface area contributed by atoms with Crippen molar-refractivity contribution in [1.82, 2.24) is 0 Å². The van der Waals surface area contributed by atoms with E-state index in [4.69, 9.17) is 0 Å². The molecule has 0 aliphatic heterocycles. The fraction of sp³-hybridized carbons (Fsp3) is 0.727. The number of carbonyl (C=O) groups excluding carboxylic acids is 1. The largest absolute Gasteiger partial charge is 0.550 e. The van der Waals surface area contributed by atoms with Gasteiger partial charge in [0.25, 0.3) is 0 Å². The van der Waals surface area contributed by atoms with E-state index >= 15 is 0 Å². The normalized spacial score (nSPS) is 9.14. The molecule has 0 aromatic heterocycles. The molecule has 0 saturated heterocycles. The van der Waals surface area contributed by atoms with Crippen LogP contribution in [0.1, 0.15) is 51.4 Å². The van der Waals surface area contributed by atoms with Gasteiger partial charge in [0.1, 0.15) is 0 Å². The van der Waals surface area contributed by atoms with Crippen molar-refractivity contribution in [3.63, 3.8) is 0 Å². The van der Waals surface area contributed by atoms with Gasteiger partial charge in [-0.05, 0) is 25.7 Å². The zero-order valence-corrected chi connectivity index (χ0v) is 9.63. The number of unbranched alkanes of at least 4 members (excludes halogenated alkanes) is 6. The Balaban J connectivity index is 0. The first-order valence-corrected chi connectivity index (χ1v) is 5.08. The Morgan fingerprint density at radius 1 is 1.07 bits per heavy atom. The van der Waals surface area contributed by atoms with Gasteiger partial charge in [-0.3, -0.25) is 0 Å². The van der Waals surface area contributed by atoms with Gasteiger partial charge in [0.2, 0.25) is 0 Å². The molecule has 0 aromatic carbocycles. The van der Waals surface area contributed by atoms with Crippen LogP contribution in [0, 0.1) is 0 Å². The zero-order valence-electron chi connectivity index (χ0n) is 8.59. The molecular formula is C11H19CoO2-. The van der Waals surface area contributed by atoms with E-state index in [1.165, 1.54) is 19.3 Å². The van der Waals surface area contributed by atoms with Crippen LogP contribution in [0.4, 0.5) is 0 Å². The number of aliphatic carboxylic acids is 1. The molecule has 0 heterocycles. The van der Waals surface area contributed by atoms with Crippen LogP contribution in [-0.4, -0.2) is 5.97 Å². The van der Waals surface area contributed by atoms with Crippen molar-refractivity contribution in [2.45, 2.75) is 51.4 Å². The van der Waals surface area contributed by atoms with Gasteiger partial charge in [-0.25, -0.2) is 0 Å². The number of hydrogen-bond donors (Lipinski definition) is 0. The summed E-state index contributed by atoms with van der Waals surface area (Å²) in [5, 5.41) is 10.1. The summed E-state index contributed by atoms with van der Waals surface area (Å²) in [5.41, 5.74) is 0. The van der Waals surface area contributed by atoms with E-state index in [0.717, 1.165) is 25.7 Å². The van der Waals surface area contributed by atoms with Gasteiger partial charge in [0.15, 0.2) is 0 Å². The van der Waals surface area contributed by atoms with E-state index in [1.54, 1.807) is 0 Å². The van der Waals surface area contributed by atoms with Gasteiger partial charge < -0.3 is 9.90 Å². The molecule has 0 fully saturated rings. The van der Waals surface area contributed by atoms with Crippen LogP contribution in [0.25, 0.3) is 0 Å². The van der Waals surface area contributed by atoms with Crippen LogP contribution >= 0.6 is 0 Å². The molecule has 0 spiro atoms. The first-order chi connectivity index (χ1) is 6.27. The summed E-state index contributed by atoms with van der Waals surface area (Å²) in [6.45, 7) is 3.66. The molecule has 0 rings (SSSR count). The van der Waals surface area contributed by atoms with Gasteiger partial charge >= 0.3 is 0 Å².